The van der Waals surface area contributed by atoms with Crippen LogP contribution in [0.2, 0.25) is 12.1 Å². The molecule has 2 heteroatoms. The summed E-state index contributed by atoms with van der Waals surface area (Å²) in [6.45, 7) is 0. The molecule has 0 saturated carbocycles. The second-order valence-electron chi connectivity index (χ2n) is 1.73. The molecule has 0 aromatic carbocycles. The van der Waals surface area contributed by atoms with Crippen LogP contribution in [0.1, 0.15) is 6.42 Å². The van der Waals surface area contributed by atoms with E-state index < -0.39 is 0 Å². The van der Waals surface area contributed by atoms with Gasteiger partial charge < -0.3 is 0 Å². The lowest BCUT2D eigenvalue weighted by Crippen LogP contribution is -2.28. The summed E-state index contributed by atoms with van der Waals surface area (Å²) >= 11 is 0. The van der Waals surface area contributed by atoms with Crippen molar-refractivity contribution in [3.05, 3.63) is 0 Å². The maximum atomic E-state index is 5.13. The fraction of sp³-hybridized carbons (Fsp3) is 0.600. The van der Waals surface area contributed by atoms with Crippen molar-refractivity contribution >= 4 is 17.4 Å². The van der Waals surface area contributed by atoms with Crippen molar-refractivity contribution in [2.24, 2.45) is 0 Å². The van der Waals surface area contributed by atoms with Crippen molar-refractivity contribution in [2.45, 2.75) is 18.5 Å². The van der Waals surface area contributed by atoms with Gasteiger partial charge in [0.1, 0.15) is 9.04 Å². The Morgan fingerprint density at radius 1 is 1.57 bits per heavy atom. The monoisotopic (exact) mass is 123 g/mol. The van der Waals surface area contributed by atoms with E-state index in [1.807, 2.05) is 0 Å². The molecular weight excluding hydrogens is 116 g/mol. The van der Waals surface area contributed by atoms with Crippen LogP contribution >= 0.6 is 0 Å². The lowest BCUT2D eigenvalue weighted by Gasteiger charge is -2.19. The lowest BCUT2D eigenvalue weighted by atomic mass is 10.5. The normalized spacial score (nSPS) is 20.4. The SMILES string of the molecule is C#C[Si][Si]1CCC1. The molecule has 1 saturated heterocycles. The molecule has 0 aromatic heterocycles. The van der Waals surface area contributed by atoms with E-state index in [-0.39, 0.29) is 8.31 Å². The zero-order valence-corrected chi connectivity index (χ0v) is 6.20. The molecule has 0 N–H and O–H groups in total. The molecule has 1 aliphatic heterocycles. The third-order valence-corrected chi connectivity index (χ3v) is 6.61. The van der Waals surface area contributed by atoms with Gasteiger partial charge in [0.2, 0.25) is 0 Å². The van der Waals surface area contributed by atoms with Crippen LogP contribution in [-0.2, 0) is 0 Å². The molecule has 0 atom stereocenters. The third-order valence-electron chi connectivity index (χ3n) is 1.21. The average molecular weight is 123 g/mol. The van der Waals surface area contributed by atoms with Gasteiger partial charge in [0.25, 0.3) is 0 Å². The van der Waals surface area contributed by atoms with E-state index in [9.17, 15) is 0 Å². The number of terminal acetylenes is 1. The maximum Gasteiger partial charge on any atom is 0.132 e. The van der Waals surface area contributed by atoms with Crippen LogP contribution < -0.4 is 0 Å². The Hall–Kier alpha value is -0.00623. The minimum atomic E-state index is 0.0923. The summed E-state index contributed by atoms with van der Waals surface area (Å²) in [6, 6.07) is 2.99. The summed E-state index contributed by atoms with van der Waals surface area (Å²) in [5, 5.41) is 0. The van der Waals surface area contributed by atoms with Crippen molar-refractivity contribution < 1.29 is 0 Å². The van der Waals surface area contributed by atoms with Crippen molar-refractivity contribution in [1.29, 1.82) is 0 Å². The highest BCUT2D eigenvalue weighted by Gasteiger charge is 2.18. The van der Waals surface area contributed by atoms with Gasteiger partial charge in [-0.25, -0.2) is 0 Å². The molecule has 1 heterocycles. The van der Waals surface area contributed by atoms with E-state index in [0.29, 0.717) is 0 Å². The smallest absolute Gasteiger partial charge is 0.132 e. The Morgan fingerprint density at radius 2 is 2.29 bits per heavy atom. The van der Waals surface area contributed by atoms with Gasteiger partial charge in [-0.3, -0.25) is 0 Å². The van der Waals surface area contributed by atoms with Gasteiger partial charge in [0.15, 0.2) is 0 Å². The van der Waals surface area contributed by atoms with Crippen molar-refractivity contribution in [3.8, 4) is 12.0 Å². The van der Waals surface area contributed by atoms with E-state index in [4.69, 9.17) is 6.42 Å². The van der Waals surface area contributed by atoms with Crippen molar-refractivity contribution in [3.63, 3.8) is 0 Å². The summed E-state index contributed by atoms with van der Waals surface area (Å²) < 4.78 is 0. The first-order valence-corrected chi connectivity index (χ1v) is 6.41. The largest absolute Gasteiger partial charge is 0.143 e. The maximum absolute atomic E-state index is 5.13. The second-order valence-corrected chi connectivity index (χ2v) is 7.34. The minimum absolute atomic E-state index is 0.0923. The van der Waals surface area contributed by atoms with E-state index in [1.54, 1.807) is 0 Å². The summed E-state index contributed by atoms with van der Waals surface area (Å²) in [4.78, 5) is 0. The standard InChI is InChI=1S/C5H7Si2/c1-2-6-7-4-3-5-7/h1H,3-5H2. The Morgan fingerprint density at radius 3 is 2.43 bits per heavy atom. The zero-order chi connectivity index (χ0) is 5.11. The predicted molar refractivity (Wildman–Crippen MR) is 34.6 cm³/mol. The number of hydrogen-bond acceptors (Lipinski definition) is 0. The van der Waals surface area contributed by atoms with Gasteiger partial charge in [-0.15, -0.1) is 12.0 Å². The first-order valence-electron chi connectivity index (χ1n) is 2.50. The topological polar surface area (TPSA) is 0 Å². The van der Waals surface area contributed by atoms with Gasteiger partial charge >= 0.3 is 0 Å². The highest BCUT2D eigenvalue weighted by molar-refractivity contribution is 7.16. The summed E-state index contributed by atoms with van der Waals surface area (Å²) in [5.41, 5.74) is 2.74. The van der Waals surface area contributed by atoms with E-state index in [2.05, 4.69) is 5.54 Å². The first-order chi connectivity index (χ1) is 3.43. The average Bonchev–Trinajstić information content (AvgIpc) is 1.55. The first kappa shape index (κ1) is 5.14. The molecule has 1 rings (SSSR count). The Labute approximate surface area is 48.5 Å². The summed E-state index contributed by atoms with van der Waals surface area (Å²) in [5.74, 6) is 0. The fourth-order valence-electron chi connectivity index (χ4n) is 0.581. The summed E-state index contributed by atoms with van der Waals surface area (Å²) in [7, 11) is 0.997. The van der Waals surface area contributed by atoms with E-state index >= 15 is 0 Å². The van der Waals surface area contributed by atoms with Gasteiger partial charge in [-0.2, -0.15) is 0 Å². The quantitative estimate of drug-likeness (QED) is 0.355. The molecule has 1 aliphatic rings. The Kier molecular flexibility index (Phi) is 1.72. The van der Waals surface area contributed by atoms with Gasteiger partial charge in [-0.05, 0) is 0 Å². The molecule has 0 nitrogen and oxygen atoms in total. The van der Waals surface area contributed by atoms with Crippen LogP contribution in [0, 0.1) is 12.0 Å². The Bertz CT molecular complexity index is 88.7. The molecule has 35 valence electrons. The molecule has 3 radical (unpaired) electrons. The van der Waals surface area contributed by atoms with Crippen LogP contribution in [-0.4, -0.2) is 17.4 Å². The van der Waals surface area contributed by atoms with Crippen LogP contribution in [0.25, 0.3) is 0 Å². The molecule has 7 heavy (non-hydrogen) atoms. The molecule has 0 aromatic rings. The van der Waals surface area contributed by atoms with Crippen LogP contribution in [0.5, 0.6) is 0 Å². The summed E-state index contributed by atoms with van der Waals surface area (Å²) in [6.07, 6.45) is 6.59. The molecule has 0 spiro atoms. The number of rotatable bonds is 1. The van der Waals surface area contributed by atoms with E-state index in [1.165, 1.54) is 18.5 Å². The van der Waals surface area contributed by atoms with Crippen molar-refractivity contribution in [2.75, 3.05) is 0 Å². The molecule has 0 bridgehead atoms. The van der Waals surface area contributed by atoms with Gasteiger partial charge in [0, 0.05) is 0 Å². The van der Waals surface area contributed by atoms with Crippen LogP contribution in [0.3, 0.4) is 0 Å². The predicted octanol–water partition coefficient (Wildman–Crippen LogP) is 0.676. The zero-order valence-electron chi connectivity index (χ0n) is 4.20. The van der Waals surface area contributed by atoms with Crippen LogP contribution in [0.4, 0.5) is 0 Å². The third kappa shape index (κ3) is 1.18. The fourth-order valence-corrected chi connectivity index (χ4v) is 4.16. The Balaban J connectivity index is 2.06. The van der Waals surface area contributed by atoms with E-state index in [0.717, 1.165) is 9.04 Å². The highest BCUT2D eigenvalue weighted by Crippen LogP contribution is 2.17. The molecule has 0 aliphatic carbocycles. The molecule has 0 amide bonds. The highest BCUT2D eigenvalue weighted by atomic mass is 29.2. The van der Waals surface area contributed by atoms with Crippen LogP contribution in [0.15, 0.2) is 0 Å². The minimum Gasteiger partial charge on any atom is -0.143 e. The second kappa shape index (κ2) is 2.34. The van der Waals surface area contributed by atoms with Gasteiger partial charge in [-0.1, -0.05) is 18.5 Å². The molecule has 0 unspecified atom stereocenters. The molecule has 1 fully saturated rings. The number of hydrogen-bond donors (Lipinski definition) is 0. The van der Waals surface area contributed by atoms with Crippen molar-refractivity contribution in [1.82, 2.24) is 0 Å². The lowest BCUT2D eigenvalue weighted by molar-refractivity contribution is 0.960. The van der Waals surface area contributed by atoms with Gasteiger partial charge in [0.05, 0.1) is 8.31 Å². The molecular formula is C5H7Si2.